The molecular weight excluding hydrogens is 474 g/mol. The van der Waals surface area contributed by atoms with Crippen molar-refractivity contribution in [3.05, 3.63) is 82.3 Å². The van der Waals surface area contributed by atoms with Gasteiger partial charge >= 0.3 is 6.18 Å². The van der Waals surface area contributed by atoms with Gasteiger partial charge in [0.15, 0.2) is 0 Å². The van der Waals surface area contributed by atoms with Gasteiger partial charge in [-0.2, -0.15) is 13.2 Å². The van der Waals surface area contributed by atoms with Gasteiger partial charge in [-0.15, -0.1) is 0 Å². The summed E-state index contributed by atoms with van der Waals surface area (Å²) in [6.07, 6.45) is -3.79. The van der Waals surface area contributed by atoms with E-state index in [1.54, 1.807) is 12.1 Å². The van der Waals surface area contributed by atoms with Crippen LogP contribution >= 0.6 is 0 Å². The fraction of sp³-hybridized carbons (Fsp3) is 0.393. The van der Waals surface area contributed by atoms with Crippen molar-refractivity contribution in [1.29, 1.82) is 0 Å². The van der Waals surface area contributed by atoms with Gasteiger partial charge in [-0.05, 0) is 60.6 Å². The molecule has 3 aromatic rings. The Kier molecular flexibility index (Phi) is 6.08. The zero-order valence-corrected chi connectivity index (χ0v) is 19.9. The minimum atomic E-state index is -4.50. The minimum Gasteiger partial charge on any atom is -0.471 e. The highest BCUT2D eigenvalue weighted by atomic mass is 19.4. The van der Waals surface area contributed by atoms with Gasteiger partial charge in [0.1, 0.15) is 17.5 Å². The van der Waals surface area contributed by atoms with Gasteiger partial charge in [0.2, 0.25) is 5.88 Å². The van der Waals surface area contributed by atoms with Crippen LogP contribution in [-0.4, -0.2) is 20.8 Å². The molecule has 8 heteroatoms. The Bertz CT molecular complexity index is 1270. The summed E-state index contributed by atoms with van der Waals surface area (Å²) >= 11 is 0. The van der Waals surface area contributed by atoms with Crippen LogP contribution in [0.2, 0.25) is 0 Å². The van der Waals surface area contributed by atoms with Crippen LogP contribution in [0.15, 0.2) is 48.5 Å². The summed E-state index contributed by atoms with van der Waals surface area (Å²) in [6, 6.07) is 10.0. The summed E-state index contributed by atoms with van der Waals surface area (Å²) in [7, 11) is 0. The lowest BCUT2D eigenvalue weighted by Crippen LogP contribution is -2.47. The number of hydrogen-bond donors (Lipinski definition) is 2. The van der Waals surface area contributed by atoms with Gasteiger partial charge in [-0.1, -0.05) is 38.1 Å². The van der Waals surface area contributed by atoms with E-state index >= 15 is 0 Å². The summed E-state index contributed by atoms with van der Waals surface area (Å²) in [4.78, 5) is 4.75. The molecule has 2 aromatic carbocycles. The van der Waals surface area contributed by atoms with Crippen LogP contribution in [0.4, 0.5) is 17.6 Å². The number of benzene rings is 2. The van der Waals surface area contributed by atoms with Crippen molar-refractivity contribution in [2.45, 2.75) is 69.4 Å². The number of aliphatic hydroxyl groups is 2. The highest BCUT2D eigenvalue weighted by Gasteiger charge is 2.47. The van der Waals surface area contributed by atoms with E-state index in [-0.39, 0.29) is 11.5 Å². The second-order valence-corrected chi connectivity index (χ2v) is 10.0. The molecule has 0 saturated heterocycles. The molecule has 2 heterocycles. The van der Waals surface area contributed by atoms with Crippen LogP contribution in [-0.2, 0) is 6.18 Å². The predicted octanol–water partition coefficient (Wildman–Crippen LogP) is 6.85. The molecule has 0 amide bonds. The Balaban J connectivity index is 1.74. The molecule has 1 aliphatic heterocycles. The summed E-state index contributed by atoms with van der Waals surface area (Å²) in [6.45, 7) is 3.79. The minimum absolute atomic E-state index is 0.186. The van der Waals surface area contributed by atoms with Crippen molar-refractivity contribution in [2.75, 3.05) is 0 Å². The second kappa shape index (κ2) is 8.85. The van der Waals surface area contributed by atoms with Gasteiger partial charge in [0.25, 0.3) is 0 Å². The van der Waals surface area contributed by atoms with E-state index in [1.807, 2.05) is 13.8 Å². The van der Waals surface area contributed by atoms with Crippen molar-refractivity contribution >= 4 is 0 Å². The molecule has 5 rings (SSSR count). The largest absolute Gasteiger partial charge is 0.471 e. The molecule has 2 aliphatic rings. The number of aliphatic hydroxyl groups excluding tert-OH is 2. The molecule has 1 spiro atoms. The molecule has 1 aliphatic carbocycles. The third kappa shape index (κ3) is 4.26. The summed E-state index contributed by atoms with van der Waals surface area (Å²) in [5.74, 6) is -0.339. The first-order valence-electron chi connectivity index (χ1n) is 12.0. The SMILES string of the molecule is CC(C)c1nc2c(c(-c3ccc(F)cc3)c1[C@@H](O)c1ccc(C(F)(F)F)cc1)[C@@H](O)CC1(CCC1)O2. The Morgan fingerprint density at radius 1 is 1.03 bits per heavy atom. The van der Waals surface area contributed by atoms with Crippen molar-refractivity contribution in [2.24, 2.45) is 0 Å². The van der Waals surface area contributed by atoms with E-state index in [1.165, 1.54) is 24.3 Å². The molecule has 2 atom stereocenters. The molecule has 1 aromatic heterocycles. The maximum Gasteiger partial charge on any atom is 0.416 e. The molecule has 2 N–H and O–H groups in total. The number of rotatable bonds is 4. The Hall–Kier alpha value is -2.97. The van der Waals surface area contributed by atoms with Crippen LogP contribution in [0.1, 0.15) is 85.6 Å². The molecule has 190 valence electrons. The van der Waals surface area contributed by atoms with E-state index < -0.39 is 35.4 Å². The van der Waals surface area contributed by atoms with E-state index in [2.05, 4.69) is 0 Å². The second-order valence-electron chi connectivity index (χ2n) is 10.0. The van der Waals surface area contributed by atoms with Crippen molar-refractivity contribution in [3.8, 4) is 17.0 Å². The molecule has 0 radical (unpaired) electrons. The van der Waals surface area contributed by atoms with Crippen molar-refractivity contribution < 1.29 is 32.5 Å². The Labute approximate surface area is 206 Å². The molecule has 36 heavy (non-hydrogen) atoms. The topological polar surface area (TPSA) is 62.6 Å². The zero-order chi connectivity index (χ0) is 25.8. The number of pyridine rings is 1. The Morgan fingerprint density at radius 2 is 1.67 bits per heavy atom. The lowest BCUT2D eigenvalue weighted by atomic mass is 9.72. The van der Waals surface area contributed by atoms with Crippen LogP contribution in [0, 0.1) is 5.82 Å². The van der Waals surface area contributed by atoms with Gasteiger partial charge in [0, 0.05) is 17.5 Å². The standard InChI is InChI=1S/C28H27F4NO3/c1-15(2)24-23(25(35)17-4-8-18(9-5-17)28(30,31)32)21(16-6-10-19(29)11-7-16)22-20(34)14-27(12-3-13-27)36-26(22)33-24/h4-11,15,20,25,34-35H,3,12-14H2,1-2H3/t20-,25-/m0/s1. The van der Waals surface area contributed by atoms with Crippen LogP contribution in [0.5, 0.6) is 5.88 Å². The van der Waals surface area contributed by atoms with Gasteiger partial charge in [0.05, 0.1) is 22.9 Å². The highest BCUT2D eigenvalue weighted by Crippen LogP contribution is 2.53. The first-order valence-corrected chi connectivity index (χ1v) is 12.0. The maximum atomic E-state index is 13.8. The summed E-state index contributed by atoms with van der Waals surface area (Å²) in [5, 5.41) is 22.8. The molecule has 0 unspecified atom stereocenters. The third-order valence-electron chi connectivity index (χ3n) is 7.25. The van der Waals surface area contributed by atoms with Gasteiger partial charge < -0.3 is 14.9 Å². The molecule has 1 saturated carbocycles. The number of alkyl halides is 3. The number of halogens is 4. The van der Waals surface area contributed by atoms with Gasteiger partial charge in [-0.3, -0.25) is 0 Å². The van der Waals surface area contributed by atoms with E-state index in [9.17, 15) is 27.8 Å². The zero-order valence-electron chi connectivity index (χ0n) is 19.9. The van der Waals surface area contributed by atoms with Crippen LogP contribution in [0.25, 0.3) is 11.1 Å². The number of nitrogens with zero attached hydrogens (tertiary/aromatic N) is 1. The fourth-order valence-corrected chi connectivity index (χ4v) is 5.24. The monoisotopic (exact) mass is 501 g/mol. The lowest BCUT2D eigenvalue weighted by molar-refractivity contribution is -0.137. The molecule has 0 bridgehead atoms. The third-order valence-corrected chi connectivity index (χ3v) is 7.25. The van der Waals surface area contributed by atoms with Crippen LogP contribution < -0.4 is 4.74 Å². The molecular formula is C28H27F4NO3. The smallest absolute Gasteiger partial charge is 0.416 e. The lowest BCUT2D eigenvalue weighted by Gasteiger charge is -2.47. The number of hydrogen-bond acceptors (Lipinski definition) is 4. The van der Waals surface area contributed by atoms with E-state index in [4.69, 9.17) is 9.72 Å². The molecule has 4 nitrogen and oxygen atoms in total. The fourth-order valence-electron chi connectivity index (χ4n) is 5.24. The first-order chi connectivity index (χ1) is 17.0. The van der Waals surface area contributed by atoms with E-state index in [0.717, 1.165) is 31.4 Å². The highest BCUT2D eigenvalue weighted by molar-refractivity contribution is 5.76. The van der Waals surface area contributed by atoms with Gasteiger partial charge in [-0.25, -0.2) is 9.37 Å². The first kappa shape index (κ1) is 24.7. The average Bonchev–Trinajstić information content (AvgIpc) is 2.81. The number of ether oxygens (including phenoxy) is 1. The Morgan fingerprint density at radius 3 is 2.19 bits per heavy atom. The normalized spacial score (nSPS) is 19.5. The quantitative estimate of drug-likeness (QED) is 0.384. The average molecular weight is 502 g/mol. The maximum absolute atomic E-state index is 13.8. The van der Waals surface area contributed by atoms with E-state index in [0.29, 0.717) is 40.2 Å². The molecule has 1 fully saturated rings. The summed E-state index contributed by atoms with van der Waals surface area (Å²) in [5.41, 5.74) is 1.25. The van der Waals surface area contributed by atoms with Crippen LogP contribution in [0.3, 0.4) is 0 Å². The number of fused-ring (bicyclic) bond motifs is 1. The summed E-state index contributed by atoms with van der Waals surface area (Å²) < 4.78 is 59.5. The number of aromatic nitrogens is 1. The predicted molar refractivity (Wildman–Crippen MR) is 126 cm³/mol. The van der Waals surface area contributed by atoms with Crippen molar-refractivity contribution in [1.82, 2.24) is 4.98 Å². The van der Waals surface area contributed by atoms with Crippen molar-refractivity contribution in [3.63, 3.8) is 0 Å².